The number of alkyl halides is 1. The van der Waals surface area contributed by atoms with Crippen LogP contribution < -0.4 is 16.4 Å². The Morgan fingerprint density at radius 3 is 2.58 bits per heavy atom. The van der Waals surface area contributed by atoms with Crippen LogP contribution in [0.5, 0.6) is 0 Å². The third kappa shape index (κ3) is 4.06. The lowest BCUT2D eigenvalue weighted by Crippen LogP contribution is -2.52. The molecular formula is C20H25F3N6O2. The molecule has 4 rings (SSSR count). The van der Waals surface area contributed by atoms with Crippen molar-refractivity contribution in [1.82, 2.24) is 14.5 Å². The SMILES string of the molecule is NC(=O)C1CCCCN1C(=O)Cn1c(N2CC[C@@H](F)[C@H](N)C2)nc2cc(F)c(F)cc21. The summed E-state index contributed by atoms with van der Waals surface area (Å²) < 4.78 is 43.1. The fraction of sp³-hybridized carbons (Fsp3) is 0.550. The van der Waals surface area contributed by atoms with Crippen LogP contribution in [0.3, 0.4) is 0 Å². The number of hydrogen-bond donors (Lipinski definition) is 2. The summed E-state index contributed by atoms with van der Waals surface area (Å²) in [7, 11) is 0. The zero-order valence-electron chi connectivity index (χ0n) is 16.9. The van der Waals surface area contributed by atoms with E-state index in [-0.39, 0.29) is 42.4 Å². The van der Waals surface area contributed by atoms with Gasteiger partial charge in [0.1, 0.15) is 18.8 Å². The van der Waals surface area contributed by atoms with E-state index in [0.29, 0.717) is 19.5 Å². The normalized spacial score (nSPS) is 24.6. The van der Waals surface area contributed by atoms with Crippen molar-refractivity contribution < 1.29 is 22.8 Å². The molecule has 0 radical (unpaired) electrons. The van der Waals surface area contributed by atoms with Crippen LogP contribution in [0.25, 0.3) is 11.0 Å². The lowest BCUT2D eigenvalue weighted by Gasteiger charge is -2.35. The Labute approximate surface area is 177 Å². The highest BCUT2D eigenvalue weighted by molar-refractivity contribution is 5.88. The Morgan fingerprint density at radius 1 is 1.13 bits per heavy atom. The summed E-state index contributed by atoms with van der Waals surface area (Å²) in [6, 6.07) is 0.499. The van der Waals surface area contributed by atoms with Gasteiger partial charge in [0, 0.05) is 31.8 Å². The second-order valence-corrected chi connectivity index (χ2v) is 8.17. The molecule has 2 aromatic rings. The van der Waals surface area contributed by atoms with Crippen LogP contribution in [0.15, 0.2) is 12.1 Å². The van der Waals surface area contributed by atoms with Crippen LogP contribution >= 0.6 is 0 Å². The van der Waals surface area contributed by atoms with Crippen molar-refractivity contribution in [3.8, 4) is 0 Å². The molecule has 168 valence electrons. The number of halogens is 3. The zero-order chi connectivity index (χ0) is 22.3. The predicted molar refractivity (Wildman–Crippen MR) is 108 cm³/mol. The second kappa shape index (κ2) is 8.37. The number of nitrogens with zero attached hydrogens (tertiary/aromatic N) is 4. The van der Waals surface area contributed by atoms with Crippen LogP contribution in [0.4, 0.5) is 19.1 Å². The Bertz CT molecular complexity index is 1010. The van der Waals surface area contributed by atoms with Crippen LogP contribution in [0.2, 0.25) is 0 Å². The minimum Gasteiger partial charge on any atom is -0.368 e. The van der Waals surface area contributed by atoms with Crippen LogP contribution in [0, 0.1) is 11.6 Å². The number of fused-ring (bicyclic) bond motifs is 1. The largest absolute Gasteiger partial charge is 0.368 e. The minimum atomic E-state index is -1.16. The van der Waals surface area contributed by atoms with Crippen molar-refractivity contribution in [2.45, 2.75) is 50.5 Å². The summed E-state index contributed by atoms with van der Waals surface area (Å²) in [6.45, 7) is 0.587. The van der Waals surface area contributed by atoms with Gasteiger partial charge >= 0.3 is 0 Å². The maximum Gasteiger partial charge on any atom is 0.243 e. The molecule has 11 heteroatoms. The van der Waals surface area contributed by atoms with E-state index in [9.17, 15) is 22.8 Å². The number of carbonyl (C=O) groups excluding carboxylic acids is 2. The number of aromatic nitrogens is 2. The molecule has 2 aliphatic rings. The lowest BCUT2D eigenvalue weighted by molar-refractivity contribution is -0.141. The van der Waals surface area contributed by atoms with Gasteiger partial charge < -0.3 is 25.8 Å². The average Bonchev–Trinajstić information content (AvgIpc) is 3.07. The number of carbonyl (C=O) groups is 2. The molecule has 2 fully saturated rings. The first-order valence-electron chi connectivity index (χ1n) is 10.3. The molecule has 2 amide bonds. The van der Waals surface area contributed by atoms with E-state index in [0.717, 1.165) is 25.0 Å². The van der Waals surface area contributed by atoms with Crippen molar-refractivity contribution in [3.05, 3.63) is 23.8 Å². The highest BCUT2D eigenvalue weighted by atomic mass is 19.2. The second-order valence-electron chi connectivity index (χ2n) is 8.17. The number of nitrogens with two attached hydrogens (primary N) is 2. The predicted octanol–water partition coefficient (Wildman–Crippen LogP) is 1.06. The fourth-order valence-electron chi connectivity index (χ4n) is 4.39. The van der Waals surface area contributed by atoms with Crippen molar-refractivity contribution in [2.24, 2.45) is 11.5 Å². The number of rotatable bonds is 4. The van der Waals surface area contributed by atoms with Gasteiger partial charge in [0.05, 0.1) is 17.1 Å². The number of imidazole rings is 1. The van der Waals surface area contributed by atoms with Crippen molar-refractivity contribution in [1.29, 1.82) is 0 Å². The molecule has 0 bridgehead atoms. The molecule has 1 unspecified atom stereocenters. The van der Waals surface area contributed by atoms with Gasteiger partial charge in [-0.1, -0.05) is 0 Å². The van der Waals surface area contributed by atoms with E-state index in [1.54, 1.807) is 4.90 Å². The van der Waals surface area contributed by atoms with E-state index in [4.69, 9.17) is 11.5 Å². The van der Waals surface area contributed by atoms with Gasteiger partial charge in [-0.15, -0.1) is 0 Å². The molecule has 0 spiro atoms. The molecule has 2 aliphatic heterocycles. The minimum absolute atomic E-state index is 0.150. The van der Waals surface area contributed by atoms with E-state index >= 15 is 0 Å². The van der Waals surface area contributed by atoms with E-state index in [1.165, 1.54) is 9.47 Å². The summed E-state index contributed by atoms with van der Waals surface area (Å²) in [6.07, 6.45) is 1.03. The monoisotopic (exact) mass is 438 g/mol. The molecule has 4 N–H and O–H groups in total. The summed E-state index contributed by atoms with van der Waals surface area (Å²) in [5, 5.41) is 0. The third-order valence-corrected chi connectivity index (χ3v) is 6.07. The van der Waals surface area contributed by atoms with Crippen molar-refractivity contribution in [2.75, 3.05) is 24.5 Å². The molecule has 0 saturated carbocycles. The zero-order valence-corrected chi connectivity index (χ0v) is 16.9. The maximum atomic E-state index is 14.0. The molecule has 1 aromatic heterocycles. The number of benzene rings is 1. The van der Waals surface area contributed by atoms with Crippen molar-refractivity contribution >= 4 is 28.8 Å². The van der Waals surface area contributed by atoms with Crippen LogP contribution in [0.1, 0.15) is 25.7 Å². The van der Waals surface area contributed by atoms with Gasteiger partial charge in [-0.3, -0.25) is 9.59 Å². The highest BCUT2D eigenvalue weighted by Crippen LogP contribution is 2.28. The number of amides is 2. The Balaban J connectivity index is 1.72. The molecule has 3 atom stereocenters. The number of likely N-dealkylation sites (tertiary alicyclic amines) is 1. The molecule has 31 heavy (non-hydrogen) atoms. The first-order valence-corrected chi connectivity index (χ1v) is 10.3. The van der Waals surface area contributed by atoms with E-state index < -0.39 is 35.8 Å². The van der Waals surface area contributed by atoms with E-state index in [2.05, 4.69) is 4.98 Å². The first kappa shape index (κ1) is 21.4. The Morgan fingerprint density at radius 2 is 1.87 bits per heavy atom. The molecular weight excluding hydrogens is 413 g/mol. The summed E-state index contributed by atoms with van der Waals surface area (Å²) in [5.74, 6) is -2.80. The summed E-state index contributed by atoms with van der Waals surface area (Å²) in [5.41, 5.74) is 11.7. The Hall–Kier alpha value is -2.82. The van der Waals surface area contributed by atoms with Gasteiger partial charge in [0.15, 0.2) is 11.6 Å². The van der Waals surface area contributed by atoms with Crippen LogP contribution in [-0.4, -0.2) is 64.2 Å². The Kier molecular flexibility index (Phi) is 5.78. The van der Waals surface area contributed by atoms with Crippen LogP contribution in [-0.2, 0) is 16.1 Å². The summed E-state index contributed by atoms with van der Waals surface area (Å²) in [4.78, 5) is 32.5. The first-order chi connectivity index (χ1) is 14.8. The summed E-state index contributed by atoms with van der Waals surface area (Å²) >= 11 is 0. The number of anilines is 1. The van der Waals surface area contributed by atoms with E-state index in [1.807, 2.05) is 0 Å². The highest BCUT2D eigenvalue weighted by Gasteiger charge is 2.33. The van der Waals surface area contributed by atoms with Gasteiger partial charge in [-0.05, 0) is 25.7 Å². The maximum absolute atomic E-state index is 14.0. The van der Waals surface area contributed by atoms with Gasteiger partial charge in [0.25, 0.3) is 0 Å². The molecule has 3 heterocycles. The average molecular weight is 438 g/mol. The number of primary amides is 1. The molecule has 8 nitrogen and oxygen atoms in total. The van der Waals surface area contributed by atoms with Gasteiger partial charge in [-0.2, -0.15) is 0 Å². The number of hydrogen-bond acceptors (Lipinski definition) is 5. The molecule has 2 saturated heterocycles. The number of piperidine rings is 2. The quantitative estimate of drug-likeness (QED) is 0.742. The van der Waals surface area contributed by atoms with Gasteiger partial charge in [0.2, 0.25) is 17.8 Å². The third-order valence-electron chi connectivity index (χ3n) is 6.07. The molecule has 1 aromatic carbocycles. The lowest BCUT2D eigenvalue weighted by atomic mass is 10.0. The van der Waals surface area contributed by atoms with Crippen molar-refractivity contribution in [3.63, 3.8) is 0 Å². The fourth-order valence-corrected chi connectivity index (χ4v) is 4.39. The standard InChI is InChI=1S/C20H25F3N6O2/c21-11-4-6-27(9-14(11)24)20-26-15-7-12(22)13(23)8-17(15)29(20)10-18(30)28-5-2-1-3-16(28)19(25)31/h7-8,11,14,16H,1-6,9-10,24H2,(H2,25,31)/t11-,14-,16?/m1/s1. The van der Waals surface area contributed by atoms with Gasteiger partial charge in [-0.25, -0.2) is 18.2 Å². The topological polar surface area (TPSA) is 110 Å². The smallest absolute Gasteiger partial charge is 0.243 e. The molecule has 0 aliphatic carbocycles.